The molecule has 20 heavy (non-hydrogen) atoms. The number of nitrogens with zero attached hydrogens (tertiary/aromatic N) is 3. The molecule has 1 fully saturated rings. The van der Waals surface area contributed by atoms with Gasteiger partial charge in [-0.25, -0.2) is 0 Å². The van der Waals surface area contributed by atoms with Crippen molar-refractivity contribution in [2.24, 2.45) is 11.8 Å². The molecule has 2 aromatic heterocycles. The van der Waals surface area contributed by atoms with Gasteiger partial charge in [0.05, 0.1) is 6.04 Å². The first-order valence-corrected chi connectivity index (χ1v) is 7.71. The Labute approximate surface area is 120 Å². The van der Waals surface area contributed by atoms with Crippen LogP contribution in [-0.4, -0.2) is 20.6 Å². The maximum Gasteiger partial charge on any atom is 0.160 e. The van der Waals surface area contributed by atoms with Crippen LogP contribution in [0, 0.1) is 11.8 Å². The molecule has 0 radical (unpaired) electrons. The van der Waals surface area contributed by atoms with E-state index in [1.807, 2.05) is 24.4 Å². The van der Waals surface area contributed by atoms with Crippen molar-refractivity contribution in [3.05, 3.63) is 30.2 Å². The Hall–Kier alpha value is -1.42. The predicted octanol–water partition coefficient (Wildman–Crippen LogP) is 3.20. The van der Waals surface area contributed by atoms with Gasteiger partial charge in [-0.3, -0.25) is 4.40 Å². The molecule has 0 spiro atoms. The molecule has 108 valence electrons. The highest BCUT2D eigenvalue weighted by Gasteiger charge is 2.27. The van der Waals surface area contributed by atoms with E-state index in [-0.39, 0.29) is 6.04 Å². The summed E-state index contributed by atoms with van der Waals surface area (Å²) in [5.41, 5.74) is 0.918. The highest BCUT2D eigenvalue weighted by atomic mass is 15.3. The van der Waals surface area contributed by atoms with Crippen molar-refractivity contribution >= 4 is 5.65 Å². The third-order valence-electron chi connectivity index (χ3n) is 4.62. The average Bonchev–Trinajstić information content (AvgIpc) is 2.86. The molecule has 2 heterocycles. The van der Waals surface area contributed by atoms with Gasteiger partial charge >= 0.3 is 0 Å². The largest absolute Gasteiger partial charge is 0.304 e. The van der Waals surface area contributed by atoms with Gasteiger partial charge in [0.25, 0.3) is 0 Å². The zero-order valence-electron chi connectivity index (χ0n) is 12.6. The minimum atomic E-state index is 0.230. The van der Waals surface area contributed by atoms with Crippen LogP contribution in [0.1, 0.15) is 51.9 Å². The van der Waals surface area contributed by atoms with Crippen LogP contribution in [-0.2, 0) is 0 Å². The van der Waals surface area contributed by atoms with Crippen LogP contribution in [0.3, 0.4) is 0 Å². The molecule has 0 aromatic carbocycles. The van der Waals surface area contributed by atoms with E-state index in [1.54, 1.807) is 0 Å². The fourth-order valence-corrected chi connectivity index (χ4v) is 3.46. The quantitative estimate of drug-likeness (QED) is 0.933. The Balaban J connectivity index is 1.74. The fraction of sp³-hybridized carbons (Fsp3) is 0.625. The van der Waals surface area contributed by atoms with Gasteiger partial charge in [0.1, 0.15) is 0 Å². The number of fused-ring (bicyclic) bond motifs is 1. The van der Waals surface area contributed by atoms with E-state index >= 15 is 0 Å². The first kappa shape index (κ1) is 13.6. The summed E-state index contributed by atoms with van der Waals surface area (Å²) in [4.78, 5) is 0. The van der Waals surface area contributed by atoms with Crippen LogP contribution in [0.4, 0.5) is 0 Å². The Morgan fingerprint density at radius 3 is 2.90 bits per heavy atom. The minimum absolute atomic E-state index is 0.230. The summed E-state index contributed by atoms with van der Waals surface area (Å²) in [6.45, 7) is 6.92. The Morgan fingerprint density at radius 2 is 2.10 bits per heavy atom. The summed E-state index contributed by atoms with van der Waals surface area (Å²) in [6, 6.07) is 6.84. The summed E-state index contributed by atoms with van der Waals surface area (Å²) in [5.74, 6) is 2.61. The lowest BCUT2D eigenvalue weighted by Crippen LogP contribution is -2.40. The van der Waals surface area contributed by atoms with Crippen LogP contribution in [0.2, 0.25) is 0 Å². The third-order valence-corrected chi connectivity index (χ3v) is 4.62. The molecule has 0 saturated heterocycles. The number of aromatic nitrogens is 3. The molecular formula is C16H24N4. The second-order valence-electron chi connectivity index (χ2n) is 6.38. The lowest BCUT2D eigenvalue weighted by Gasteiger charge is -2.34. The highest BCUT2D eigenvalue weighted by Crippen LogP contribution is 2.30. The molecule has 0 aliphatic heterocycles. The van der Waals surface area contributed by atoms with Crippen molar-refractivity contribution in [3.8, 4) is 0 Å². The Bertz CT molecular complexity index is 577. The van der Waals surface area contributed by atoms with Crippen molar-refractivity contribution < 1.29 is 0 Å². The van der Waals surface area contributed by atoms with E-state index in [0.29, 0.717) is 6.04 Å². The average molecular weight is 272 g/mol. The first-order chi connectivity index (χ1) is 9.65. The summed E-state index contributed by atoms with van der Waals surface area (Å²) in [7, 11) is 0. The third kappa shape index (κ3) is 2.57. The molecule has 3 rings (SSSR count). The topological polar surface area (TPSA) is 42.2 Å². The zero-order chi connectivity index (χ0) is 14.1. The van der Waals surface area contributed by atoms with Gasteiger partial charge in [-0.2, -0.15) is 0 Å². The van der Waals surface area contributed by atoms with E-state index in [2.05, 4.69) is 40.7 Å². The molecule has 4 atom stereocenters. The van der Waals surface area contributed by atoms with E-state index < -0.39 is 0 Å². The molecule has 4 unspecified atom stereocenters. The maximum absolute atomic E-state index is 4.35. The van der Waals surface area contributed by atoms with Gasteiger partial charge in [0.2, 0.25) is 0 Å². The molecule has 0 amide bonds. The molecule has 1 aliphatic carbocycles. The van der Waals surface area contributed by atoms with Crippen molar-refractivity contribution in [1.29, 1.82) is 0 Å². The predicted molar refractivity (Wildman–Crippen MR) is 80.5 cm³/mol. The van der Waals surface area contributed by atoms with Gasteiger partial charge < -0.3 is 5.32 Å². The van der Waals surface area contributed by atoms with Gasteiger partial charge in [-0.1, -0.05) is 19.9 Å². The molecule has 0 bridgehead atoms. The van der Waals surface area contributed by atoms with Crippen LogP contribution < -0.4 is 5.32 Å². The molecule has 2 aromatic rings. The summed E-state index contributed by atoms with van der Waals surface area (Å²) < 4.78 is 2.08. The van der Waals surface area contributed by atoms with Crippen LogP contribution in [0.15, 0.2) is 24.4 Å². The van der Waals surface area contributed by atoms with Crippen molar-refractivity contribution in [3.63, 3.8) is 0 Å². The Morgan fingerprint density at radius 1 is 1.25 bits per heavy atom. The number of hydrogen-bond donors (Lipinski definition) is 1. The molecule has 1 saturated carbocycles. The monoisotopic (exact) mass is 272 g/mol. The second kappa shape index (κ2) is 5.52. The van der Waals surface area contributed by atoms with Crippen LogP contribution >= 0.6 is 0 Å². The fourth-order valence-electron chi connectivity index (χ4n) is 3.46. The van der Waals surface area contributed by atoms with Gasteiger partial charge in [0, 0.05) is 12.2 Å². The van der Waals surface area contributed by atoms with Crippen LogP contribution in [0.5, 0.6) is 0 Å². The van der Waals surface area contributed by atoms with Crippen LogP contribution in [0.25, 0.3) is 5.65 Å². The minimum Gasteiger partial charge on any atom is -0.304 e. The molecule has 4 nitrogen and oxygen atoms in total. The van der Waals surface area contributed by atoms with Gasteiger partial charge in [0.15, 0.2) is 11.5 Å². The number of rotatable bonds is 3. The number of pyridine rings is 1. The van der Waals surface area contributed by atoms with Gasteiger partial charge in [-0.15, -0.1) is 10.2 Å². The van der Waals surface area contributed by atoms with E-state index in [4.69, 9.17) is 0 Å². The molecular weight excluding hydrogens is 248 g/mol. The summed E-state index contributed by atoms with van der Waals surface area (Å²) in [5, 5.41) is 12.3. The standard InChI is InChI=1S/C16H24N4/c1-11-7-8-14(12(2)10-11)17-13(3)16-19-18-15-6-4-5-9-20(15)16/h4-6,9,11-14,17H,7-8,10H2,1-3H3. The van der Waals surface area contributed by atoms with Gasteiger partial charge in [-0.05, 0) is 50.2 Å². The molecule has 1 N–H and O–H groups in total. The van der Waals surface area contributed by atoms with E-state index in [0.717, 1.165) is 23.3 Å². The lowest BCUT2D eigenvalue weighted by molar-refractivity contribution is 0.214. The lowest BCUT2D eigenvalue weighted by atomic mass is 9.79. The molecule has 4 heteroatoms. The first-order valence-electron chi connectivity index (χ1n) is 7.71. The zero-order valence-corrected chi connectivity index (χ0v) is 12.6. The summed E-state index contributed by atoms with van der Waals surface area (Å²) in [6.07, 6.45) is 5.96. The SMILES string of the molecule is CC1CCC(NC(C)c2nnc3ccccn23)C(C)C1. The smallest absolute Gasteiger partial charge is 0.160 e. The van der Waals surface area contributed by atoms with E-state index in [1.165, 1.54) is 19.3 Å². The Kier molecular flexibility index (Phi) is 3.74. The van der Waals surface area contributed by atoms with E-state index in [9.17, 15) is 0 Å². The normalized spacial score (nSPS) is 28.6. The molecule has 1 aliphatic rings. The van der Waals surface area contributed by atoms with Crippen molar-refractivity contribution in [2.75, 3.05) is 0 Å². The second-order valence-corrected chi connectivity index (χ2v) is 6.38. The number of hydrogen-bond acceptors (Lipinski definition) is 3. The van der Waals surface area contributed by atoms with Crippen molar-refractivity contribution in [2.45, 2.75) is 52.1 Å². The highest BCUT2D eigenvalue weighted by molar-refractivity contribution is 5.37. The maximum atomic E-state index is 4.35. The number of nitrogens with one attached hydrogen (secondary N) is 1. The summed E-state index contributed by atoms with van der Waals surface area (Å²) >= 11 is 0. The van der Waals surface area contributed by atoms with Crippen molar-refractivity contribution in [1.82, 2.24) is 19.9 Å².